The highest BCUT2D eigenvalue weighted by Gasteiger charge is 2.23. The molecule has 0 saturated heterocycles. The Morgan fingerprint density at radius 3 is 2.87 bits per heavy atom. The van der Waals surface area contributed by atoms with Gasteiger partial charge in [-0.1, -0.05) is 49.1 Å². The van der Waals surface area contributed by atoms with Gasteiger partial charge in [0.25, 0.3) is 0 Å². The fraction of sp³-hybridized carbons (Fsp3) is 0.238. The molecule has 0 saturated carbocycles. The van der Waals surface area contributed by atoms with Crippen molar-refractivity contribution in [2.24, 2.45) is 0 Å². The molecule has 2 heteroatoms. The lowest BCUT2D eigenvalue weighted by Crippen LogP contribution is -2.24. The third-order valence-electron chi connectivity index (χ3n) is 4.86. The first-order valence-electron chi connectivity index (χ1n) is 8.39. The topological polar surface area (TPSA) is 27.8 Å². The highest BCUT2D eigenvalue weighted by molar-refractivity contribution is 5.87. The van der Waals surface area contributed by atoms with Crippen molar-refractivity contribution in [3.8, 4) is 0 Å². The van der Waals surface area contributed by atoms with E-state index in [4.69, 9.17) is 0 Å². The van der Waals surface area contributed by atoms with Gasteiger partial charge in [0.05, 0.1) is 0 Å². The van der Waals surface area contributed by atoms with Crippen molar-refractivity contribution in [3.63, 3.8) is 0 Å². The molecule has 0 radical (unpaired) electrons. The second kappa shape index (κ2) is 6.05. The minimum atomic E-state index is 0.415. The molecule has 116 valence electrons. The summed E-state index contributed by atoms with van der Waals surface area (Å²) < 4.78 is 0. The van der Waals surface area contributed by atoms with Crippen LogP contribution in [-0.2, 0) is 13.0 Å². The van der Waals surface area contributed by atoms with E-state index in [1.165, 1.54) is 52.5 Å². The molecule has 0 unspecified atom stereocenters. The van der Waals surface area contributed by atoms with Crippen LogP contribution in [0.4, 0.5) is 0 Å². The van der Waals surface area contributed by atoms with E-state index in [-0.39, 0.29) is 0 Å². The molecule has 4 rings (SSSR count). The third kappa shape index (κ3) is 2.71. The summed E-state index contributed by atoms with van der Waals surface area (Å²) in [5.74, 6) is 0. The number of rotatable bonds is 4. The van der Waals surface area contributed by atoms with Crippen LogP contribution < -0.4 is 5.32 Å². The van der Waals surface area contributed by atoms with Gasteiger partial charge in [-0.15, -0.1) is 0 Å². The highest BCUT2D eigenvalue weighted by Crippen LogP contribution is 2.35. The van der Waals surface area contributed by atoms with Gasteiger partial charge in [-0.05, 0) is 48.1 Å². The molecule has 1 aliphatic rings. The largest absolute Gasteiger partial charge is 0.357 e. The first-order valence-corrected chi connectivity index (χ1v) is 8.39. The predicted octanol–water partition coefficient (Wildman–Crippen LogP) is 4.98. The Kier molecular flexibility index (Phi) is 3.76. The molecule has 0 bridgehead atoms. The number of nitrogens with one attached hydrogen (secondary N) is 2. The number of hydrogen-bond donors (Lipinski definition) is 2. The van der Waals surface area contributed by atoms with E-state index in [0.29, 0.717) is 6.04 Å². The van der Waals surface area contributed by atoms with Gasteiger partial charge in [-0.25, -0.2) is 0 Å². The minimum absolute atomic E-state index is 0.415. The van der Waals surface area contributed by atoms with Gasteiger partial charge in [-0.2, -0.15) is 0 Å². The number of fused-ring (bicyclic) bond motifs is 3. The van der Waals surface area contributed by atoms with Crippen molar-refractivity contribution in [2.75, 3.05) is 0 Å². The zero-order valence-electron chi connectivity index (χ0n) is 13.3. The number of benzene rings is 2. The summed E-state index contributed by atoms with van der Waals surface area (Å²) in [5.41, 5.74) is 6.64. The number of hydrogen-bond acceptors (Lipinski definition) is 1. The van der Waals surface area contributed by atoms with Crippen molar-refractivity contribution in [1.82, 2.24) is 10.3 Å². The van der Waals surface area contributed by atoms with Gasteiger partial charge >= 0.3 is 0 Å². The van der Waals surface area contributed by atoms with Gasteiger partial charge < -0.3 is 10.3 Å². The third-order valence-corrected chi connectivity index (χ3v) is 4.86. The standard InChI is InChI=1S/C21H22N2/c1-2-15-11-12-19-18(13-15)17-9-6-10-20(21(17)23-19)22-14-16-7-4-3-5-8-16/h2-5,7-8,11-13,20,22-23H,1,6,9-10,14H2/t20-/m1/s1. The Hall–Kier alpha value is -2.32. The smallest absolute Gasteiger partial charge is 0.0478 e. The highest BCUT2D eigenvalue weighted by atomic mass is 14.9. The Morgan fingerprint density at radius 2 is 2.04 bits per heavy atom. The van der Waals surface area contributed by atoms with Crippen LogP contribution in [0.1, 0.15) is 41.3 Å². The van der Waals surface area contributed by atoms with Gasteiger partial charge in [0, 0.05) is 29.2 Å². The second-order valence-electron chi connectivity index (χ2n) is 6.34. The zero-order valence-corrected chi connectivity index (χ0v) is 13.3. The summed E-state index contributed by atoms with van der Waals surface area (Å²) in [4.78, 5) is 3.66. The van der Waals surface area contributed by atoms with Crippen LogP contribution in [0.25, 0.3) is 17.0 Å². The summed E-state index contributed by atoms with van der Waals surface area (Å²) in [7, 11) is 0. The van der Waals surface area contributed by atoms with E-state index in [1.54, 1.807) is 0 Å². The van der Waals surface area contributed by atoms with Crippen molar-refractivity contribution >= 4 is 17.0 Å². The molecule has 1 aromatic heterocycles. The van der Waals surface area contributed by atoms with Crippen LogP contribution in [0.15, 0.2) is 55.1 Å². The fourth-order valence-electron chi connectivity index (χ4n) is 3.65. The molecule has 23 heavy (non-hydrogen) atoms. The molecule has 2 N–H and O–H groups in total. The van der Waals surface area contributed by atoms with Crippen LogP contribution in [0.2, 0.25) is 0 Å². The molecule has 1 heterocycles. The quantitative estimate of drug-likeness (QED) is 0.699. The van der Waals surface area contributed by atoms with Crippen molar-refractivity contribution in [3.05, 3.63) is 77.5 Å². The Labute approximate surface area is 137 Å². The van der Waals surface area contributed by atoms with E-state index >= 15 is 0 Å². The lowest BCUT2D eigenvalue weighted by atomic mass is 9.91. The predicted molar refractivity (Wildman–Crippen MR) is 97.4 cm³/mol. The monoisotopic (exact) mass is 302 g/mol. The van der Waals surface area contributed by atoms with Crippen molar-refractivity contribution < 1.29 is 0 Å². The molecule has 2 aromatic carbocycles. The van der Waals surface area contributed by atoms with Gasteiger partial charge in [0.15, 0.2) is 0 Å². The number of aromatic amines is 1. The minimum Gasteiger partial charge on any atom is -0.357 e. The maximum atomic E-state index is 3.89. The van der Waals surface area contributed by atoms with Gasteiger partial charge in [-0.3, -0.25) is 0 Å². The van der Waals surface area contributed by atoms with Crippen LogP contribution in [0.3, 0.4) is 0 Å². The van der Waals surface area contributed by atoms with Crippen LogP contribution >= 0.6 is 0 Å². The van der Waals surface area contributed by atoms with E-state index < -0.39 is 0 Å². The fourth-order valence-corrected chi connectivity index (χ4v) is 3.65. The first-order chi connectivity index (χ1) is 11.3. The molecule has 1 aliphatic carbocycles. The van der Waals surface area contributed by atoms with Crippen LogP contribution in [-0.4, -0.2) is 4.98 Å². The maximum absolute atomic E-state index is 3.89. The van der Waals surface area contributed by atoms with E-state index in [2.05, 4.69) is 65.4 Å². The molecule has 0 aliphatic heterocycles. The number of aromatic nitrogens is 1. The Bertz CT molecular complexity index is 830. The van der Waals surface area contributed by atoms with Crippen LogP contribution in [0, 0.1) is 0 Å². The molecule has 3 aromatic rings. The summed E-state index contributed by atoms with van der Waals surface area (Å²) in [6.07, 6.45) is 5.53. The molecule has 0 amide bonds. The normalized spacial score (nSPS) is 17.1. The summed E-state index contributed by atoms with van der Waals surface area (Å²) in [5, 5.41) is 5.10. The van der Waals surface area contributed by atoms with Gasteiger partial charge in [0.1, 0.15) is 0 Å². The molecular weight excluding hydrogens is 280 g/mol. The lowest BCUT2D eigenvalue weighted by Gasteiger charge is -2.24. The molecular formula is C21H22N2. The molecule has 0 spiro atoms. The van der Waals surface area contributed by atoms with Crippen molar-refractivity contribution in [1.29, 1.82) is 0 Å². The first kappa shape index (κ1) is 14.3. The Morgan fingerprint density at radius 1 is 1.17 bits per heavy atom. The second-order valence-corrected chi connectivity index (χ2v) is 6.34. The van der Waals surface area contributed by atoms with E-state index in [0.717, 1.165) is 6.54 Å². The maximum Gasteiger partial charge on any atom is 0.0478 e. The summed E-state index contributed by atoms with van der Waals surface area (Å²) in [6.45, 7) is 4.80. The lowest BCUT2D eigenvalue weighted by molar-refractivity contribution is 0.452. The van der Waals surface area contributed by atoms with Gasteiger partial charge in [0.2, 0.25) is 0 Å². The molecule has 2 nitrogen and oxygen atoms in total. The SMILES string of the molecule is C=Cc1ccc2[nH]c3c(c2c1)CCC[C@H]3NCc1ccccc1. The average molecular weight is 302 g/mol. The average Bonchev–Trinajstić information content (AvgIpc) is 2.99. The van der Waals surface area contributed by atoms with Crippen molar-refractivity contribution in [2.45, 2.75) is 31.8 Å². The summed E-state index contributed by atoms with van der Waals surface area (Å²) in [6, 6.07) is 17.6. The van der Waals surface area contributed by atoms with Crippen LogP contribution in [0.5, 0.6) is 0 Å². The summed E-state index contributed by atoms with van der Waals surface area (Å²) >= 11 is 0. The number of aryl methyl sites for hydroxylation is 1. The van der Waals surface area contributed by atoms with E-state index in [1.807, 2.05) is 6.08 Å². The zero-order chi connectivity index (χ0) is 15.6. The molecule has 1 atom stereocenters. The number of H-pyrrole nitrogens is 1. The van der Waals surface area contributed by atoms with E-state index in [9.17, 15) is 0 Å². The molecule has 0 fully saturated rings. The Balaban J connectivity index is 1.64.